The summed E-state index contributed by atoms with van der Waals surface area (Å²) < 4.78 is 6.44. The summed E-state index contributed by atoms with van der Waals surface area (Å²) in [4.78, 5) is 42.7. The Labute approximate surface area is 172 Å². The summed E-state index contributed by atoms with van der Waals surface area (Å²) in [5.74, 6) is -0.946. The first-order valence-corrected chi connectivity index (χ1v) is 10.2. The number of esters is 1. The second-order valence-corrected chi connectivity index (χ2v) is 7.88. The van der Waals surface area contributed by atoms with Gasteiger partial charge >= 0.3 is 5.97 Å². The Hall–Kier alpha value is -3.00. The molecule has 1 N–H and O–H groups in total. The highest BCUT2D eigenvalue weighted by Gasteiger charge is 2.14. The van der Waals surface area contributed by atoms with Gasteiger partial charge in [-0.05, 0) is 37.5 Å². The van der Waals surface area contributed by atoms with E-state index < -0.39 is 11.9 Å². The highest BCUT2D eigenvalue weighted by molar-refractivity contribution is 7.18. The van der Waals surface area contributed by atoms with Crippen LogP contribution in [0.15, 0.2) is 35.4 Å². The molecular formula is C21H23N3O4S. The van der Waals surface area contributed by atoms with Crippen molar-refractivity contribution in [3.05, 3.63) is 57.0 Å². The molecule has 7 nitrogen and oxygen atoms in total. The fourth-order valence-corrected chi connectivity index (χ4v) is 3.98. The zero-order valence-corrected chi connectivity index (χ0v) is 17.5. The Kier molecular flexibility index (Phi) is 6.43. The minimum atomic E-state index is -0.547. The van der Waals surface area contributed by atoms with E-state index in [1.165, 1.54) is 22.2 Å². The Morgan fingerprint density at radius 3 is 2.76 bits per heavy atom. The predicted molar refractivity (Wildman–Crippen MR) is 113 cm³/mol. The number of ether oxygens (including phenoxy) is 1. The van der Waals surface area contributed by atoms with Crippen LogP contribution in [-0.4, -0.2) is 28.0 Å². The molecule has 0 aliphatic rings. The van der Waals surface area contributed by atoms with E-state index in [1.54, 1.807) is 0 Å². The number of hydrogen-bond acceptors (Lipinski definition) is 6. The first-order chi connectivity index (χ1) is 13.9. The third-order valence-electron chi connectivity index (χ3n) is 4.75. The highest BCUT2D eigenvalue weighted by atomic mass is 32.1. The number of nitrogens with one attached hydrogen (secondary N) is 1. The van der Waals surface area contributed by atoms with E-state index in [-0.39, 0.29) is 25.1 Å². The summed E-state index contributed by atoms with van der Waals surface area (Å²) in [5, 5.41) is 3.34. The van der Waals surface area contributed by atoms with Crippen LogP contribution < -0.4 is 10.9 Å². The number of hydrogen-bond donors (Lipinski definition) is 1. The first-order valence-electron chi connectivity index (χ1n) is 9.39. The van der Waals surface area contributed by atoms with Gasteiger partial charge in [-0.1, -0.05) is 25.1 Å². The normalized spacial score (nSPS) is 10.9. The molecule has 0 saturated heterocycles. The molecule has 0 saturated carbocycles. The van der Waals surface area contributed by atoms with E-state index in [0.717, 1.165) is 22.4 Å². The highest BCUT2D eigenvalue weighted by Crippen LogP contribution is 2.25. The van der Waals surface area contributed by atoms with Crippen molar-refractivity contribution in [1.82, 2.24) is 9.55 Å². The molecule has 3 aromatic rings. The summed E-state index contributed by atoms with van der Waals surface area (Å²) in [7, 11) is 0. The average molecular weight is 413 g/mol. The Balaban J connectivity index is 1.54. The van der Waals surface area contributed by atoms with E-state index >= 15 is 0 Å². The van der Waals surface area contributed by atoms with Crippen molar-refractivity contribution in [2.45, 2.75) is 40.2 Å². The van der Waals surface area contributed by atoms with Crippen molar-refractivity contribution in [1.29, 1.82) is 0 Å². The molecule has 1 aromatic carbocycles. The van der Waals surface area contributed by atoms with Gasteiger partial charge in [0.1, 0.15) is 4.83 Å². The third kappa shape index (κ3) is 4.71. The summed E-state index contributed by atoms with van der Waals surface area (Å²) in [6.45, 7) is 5.62. The van der Waals surface area contributed by atoms with Gasteiger partial charge in [0.05, 0.1) is 18.1 Å². The van der Waals surface area contributed by atoms with E-state index in [9.17, 15) is 14.4 Å². The molecular weight excluding hydrogens is 390 g/mol. The number of aromatic nitrogens is 2. The molecule has 2 heterocycles. The molecule has 0 fully saturated rings. The van der Waals surface area contributed by atoms with Gasteiger partial charge in [-0.2, -0.15) is 0 Å². The van der Waals surface area contributed by atoms with E-state index in [1.807, 2.05) is 45.0 Å². The van der Waals surface area contributed by atoms with Gasteiger partial charge in [0, 0.05) is 17.1 Å². The summed E-state index contributed by atoms with van der Waals surface area (Å²) in [6, 6.07) is 7.48. The number of anilines is 1. The molecule has 0 aliphatic heterocycles. The van der Waals surface area contributed by atoms with Crippen LogP contribution in [-0.2, 0) is 27.3 Å². The van der Waals surface area contributed by atoms with Crippen LogP contribution in [0.4, 0.5) is 5.69 Å². The SMILES string of the molecule is CCc1ccccc1NC(=O)COC(=O)CCn1cnc2sc(C)c(C)c2c1=O. The van der Waals surface area contributed by atoms with Gasteiger partial charge in [-0.15, -0.1) is 11.3 Å². The minimum Gasteiger partial charge on any atom is -0.456 e. The van der Waals surface area contributed by atoms with E-state index in [0.29, 0.717) is 15.9 Å². The second kappa shape index (κ2) is 9.00. The van der Waals surface area contributed by atoms with Crippen LogP contribution in [0.3, 0.4) is 0 Å². The molecule has 1 amide bonds. The number of benzene rings is 1. The van der Waals surface area contributed by atoms with Crippen molar-refractivity contribution in [2.75, 3.05) is 11.9 Å². The molecule has 3 rings (SSSR count). The fourth-order valence-electron chi connectivity index (χ4n) is 3.00. The third-order valence-corrected chi connectivity index (χ3v) is 5.86. The second-order valence-electron chi connectivity index (χ2n) is 6.68. The van der Waals surface area contributed by atoms with Crippen LogP contribution >= 0.6 is 11.3 Å². The van der Waals surface area contributed by atoms with Crippen LogP contribution in [0.2, 0.25) is 0 Å². The number of carbonyl (C=O) groups excluding carboxylic acids is 2. The standard InChI is InChI=1S/C21H23N3O4S/c1-4-15-7-5-6-8-16(15)23-17(25)11-28-18(26)9-10-24-12-22-20-19(21(24)27)13(2)14(3)29-20/h5-8,12H,4,9-11H2,1-3H3,(H,23,25). The molecule has 0 radical (unpaired) electrons. The largest absolute Gasteiger partial charge is 0.456 e. The molecule has 152 valence electrons. The van der Waals surface area contributed by atoms with Gasteiger partial charge in [0.15, 0.2) is 6.61 Å². The molecule has 8 heteroatoms. The predicted octanol–water partition coefficient (Wildman–Crippen LogP) is 3.21. The number of carbonyl (C=O) groups is 2. The maximum atomic E-state index is 12.6. The summed E-state index contributed by atoms with van der Waals surface area (Å²) >= 11 is 1.48. The molecule has 0 atom stereocenters. The van der Waals surface area contributed by atoms with Crippen molar-refractivity contribution >= 4 is 39.1 Å². The van der Waals surface area contributed by atoms with E-state index in [2.05, 4.69) is 10.3 Å². The Bertz CT molecular complexity index is 1120. The zero-order valence-electron chi connectivity index (χ0n) is 16.7. The summed E-state index contributed by atoms with van der Waals surface area (Å²) in [5.41, 5.74) is 2.47. The molecule has 29 heavy (non-hydrogen) atoms. The lowest BCUT2D eigenvalue weighted by Gasteiger charge is -2.10. The zero-order chi connectivity index (χ0) is 21.0. The number of fused-ring (bicyclic) bond motifs is 1. The topological polar surface area (TPSA) is 90.3 Å². The number of para-hydroxylation sites is 1. The monoisotopic (exact) mass is 413 g/mol. The minimum absolute atomic E-state index is 0.0198. The van der Waals surface area contributed by atoms with Crippen LogP contribution in [0.25, 0.3) is 10.2 Å². The lowest BCUT2D eigenvalue weighted by molar-refractivity contribution is -0.147. The van der Waals surface area contributed by atoms with E-state index in [4.69, 9.17) is 4.74 Å². The molecule has 0 bridgehead atoms. The van der Waals surface area contributed by atoms with Crippen molar-refractivity contribution in [2.24, 2.45) is 0 Å². The van der Waals surface area contributed by atoms with Gasteiger partial charge < -0.3 is 10.1 Å². The van der Waals surface area contributed by atoms with Gasteiger partial charge in [0.2, 0.25) is 0 Å². The number of aryl methyl sites for hydroxylation is 4. The van der Waals surface area contributed by atoms with Gasteiger partial charge in [-0.3, -0.25) is 19.0 Å². The van der Waals surface area contributed by atoms with Crippen LogP contribution in [0.1, 0.15) is 29.3 Å². The Morgan fingerprint density at radius 1 is 1.24 bits per heavy atom. The molecule has 0 spiro atoms. The quantitative estimate of drug-likeness (QED) is 0.601. The molecule has 2 aromatic heterocycles. The van der Waals surface area contributed by atoms with Crippen LogP contribution in [0, 0.1) is 13.8 Å². The smallest absolute Gasteiger partial charge is 0.308 e. The van der Waals surface area contributed by atoms with Crippen molar-refractivity contribution < 1.29 is 14.3 Å². The maximum Gasteiger partial charge on any atom is 0.308 e. The lowest BCUT2D eigenvalue weighted by atomic mass is 10.1. The average Bonchev–Trinajstić information content (AvgIpc) is 3.00. The number of amides is 1. The summed E-state index contributed by atoms with van der Waals surface area (Å²) in [6.07, 6.45) is 2.21. The van der Waals surface area contributed by atoms with Crippen molar-refractivity contribution in [3.8, 4) is 0 Å². The van der Waals surface area contributed by atoms with Crippen LogP contribution in [0.5, 0.6) is 0 Å². The van der Waals surface area contributed by atoms with Crippen molar-refractivity contribution in [3.63, 3.8) is 0 Å². The fraction of sp³-hybridized carbons (Fsp3) is 0.333. The number of rotatable bonds is 7. The number of nitrogens with zero attached hydrogens (tertiary/aromatic N) is 2. The maximum absolute atomic E-state index is 12.6. The lowest BCUT2D eigenvalue weighted by Crippen LogP contribution is -2.24. The van der Waals surface area contributed by atoms with Gasteiger partial charge in [0.25, 0.3) is 11.5 Å². The Morgan fingerprint density at radius 2 is 2.00 bits per heavy atom. The molecule has 0 unspecified atom stereocenters. The number of thiophene rings is 1. The first kappa shape index (κ1) is 20.7. The van der Waals surface area contributed by atoms with Gasteiger partial charge in [-0.25, -0.2) is 4.98 Å². The molecule has 0 aliphatic carbocycles.